The first-order valence-electron chi connectivity index (χ1n) is 4.26. The highest BCUT2D eigenvalue weighted by molar-refractivity contribution is 6.33. The molecule has 1 unspecified atom stereocenters. The Morgan fingerprint density at radius 1 is 1.57 bits per heavy atom. The van der Waals surface area contributed by atoms with Crippen molar-refractivity contribution in [2.75, 3.05) is 0 Å². The number of imidazole rings is 1. The van der Waals surface area contributed by atoms with Gasteiger partial charge >= 0.3 is 5.97 Å². The normalized spacial score (nSPS) is 20.6. The SMILES string of the molecule is O=C(O)C1CCCc2c(Cl)nc(Cl)n21. The van der Waals surface area contributed by atoms with Crippen molar-refractivity contribution in [3.8, 4) is 0 Å². The Labute approximate surface area is 90.5 Å². The molecule has 76 valence electrons. The first-order chi connectivity index (χ1) is 6.61. The van der Waals surface area contributed by atoms with Gasteiger partial charge in [-0.1, -0.05) is 11.6 Å². The molecule has 0 aromatic carbocycles. The summed E-state index contributed by atoms with van der Waals surface area (Å²) in [4.78, 5) is 14.8. The molecule has 0 aliphatic carbocycles. The molecule has 1 atom stereocenters. The molecular weight excluding hydrogens is 227 g/mol. The Bertz CT molecular complexity index is 389. The molecule has 0 saturated carbocycles. The molecule has 14 heavy (non-hydrogen) atoms. The lowest BCUT2D eigenvalue weighted by Crippen LogP contribution is -2.24. The van der Waals surface area contributed by atoms with E-state index in [1.54, 1.807) is 0 Å². The van der Waals surface area contributed by atoms with Crippen LogP contribution in [0.5, 0.6) is 0 Å². The van der Waals surface area contributed by atoms with Gasteiger partial charge in [-0.05, 0) is 30.9 Å². The molecule has 0 bridgehead atoms. The van der Waals surface area contributed by atoms with Gasteiger partial charge in [-0.25, -0.2) is 9.78 Å². The number of aliphatic carboxylic acids is 1. The van der Waals surface area contributed by atoms with E-state index in [1.807, 2.05) is 0 Å². The maximum Gasteiger partial charge on any atom is 0.326 e. The summed E-state index contributed by atoms with van der Waals surface area (Å²) in [6, 6.07) is -0.619. The molecule has 1 N–H and O–H groups in total. The number of hydrogen-bond donors (Lipinski definition) is 1. The van der Waals surface area contributed by atoms with Gasteiger partial charge in [-0.15, -0.1) is 0 Å². The Balaban J connectivity index is 2.53. The largest absolute Gasteiger partial charge is 0.480 e. The third-order valence-electron chi connectivity index (χ3n) is 2.41. The first kappa shape index (κ1) is 9.80. The van der Waals surface area contributed by atoms with Gasteiger partial charge in [-0.3, -0.25) is 0 Å². The third kappa shape index (κ3) is 1.38. The molecule has 1 aliphatic heterocycles. The van der Waals surface area contributed by atoms with Gasteiger partial charge in [0.05, 0.1) is 5.69 Å². The van der Waals surface area contributed by atoms with Crippen LogP contribution in [0.2, 0.25) is 10.4 Å². The van der Waals surface area contributed by atoms with E-state index in [0.717, 1.165) is 18.5 Å². The van der Waals surface area contributed by atoms with Gasteiger partial charge in [0.25, 0.3) is 0 Å². The number of carboxylic acid groups (broad SMARTS) is 1. The zero-order valence-corrected chi connectivity index (χ0v) is 8.72. The fourth-order valence-electron chi connectivity index (χ4n) is 1.78. The van der Waals surface area contributed by atoms with Crippen molar-refractivity contribution in [2.45, 2.75) is 25.3 Å². The summed E-state index contributed by atoms with van der Waals surface area (Å²) < 4.78 is 1.51. The highest BCUT2D eigenvalue weighted by Gasteiger charge is 2.30. The first-order valence-corrected chi connectivity index (χ1v) is 5.01. The molecule has 0 radical (unpaired) electrons. The van der Waals surface area contributed by atoms with Crippen LogP contribution in [0.3, 0.4) is 0 Å². The summed E-state index contributed by atoms with van der Waals surface area (Å²) in [5.74, 6) is -0.887. The number of aromatic nitrogens is 2. The van der Waals surface area contributed by atoms with Gasteiger partial charge < -0.3 is 9.67 Å². The fourth-order valence-corrected chi connectivity index (χ4v) is 2.39. The number of halogens is 2. The molecule has 1 aromatic heterocycles. The maximum absolute atomic E-state index is 10.9. The second kappa shape index (κ2) is 3.44. The Morgan fingerprint density at radius 3 is 2.93 bits per heavy atom. The number of fused-ring (bicyclic) bond motifs is 1. The summed E-state index contributed by atoms with van der Waals surface area (Å²) in [7, 11) is 0. The van der Waals surface area contributed by atoms with E-state index in [-0.39, 0.29) is 5.28 Å². The molecule has 0 spiro atoms. The van der Waals surface area contributed by atoms with Gasteiger partial charge in [0.2, 0.25) is 5.28 Å². The van der Waals surface area contributed by atoms with Crippen LogP contribution < -0.4 is 0 Å². The predicted molar refractivity (Wildman–Crippen MR) is 51.9 cm³/mol. The van der Waals surface area contributed by atoms with Crippen molar-refractivity contribution >= 4 is 29.2 Å². The molecule has 1 aromatic rings. The Kier molecular flexibility index (Phi) is 2.41. The third-order valence-corrected chi connectivity index (χ3v) is 2.98. The van der Waals surface area contributed by atoms with Crippen LogP contribution in [0.1, 0.15) is 24.6 Å². The predicted octanol–water partition coefficient (Wildman–Crippen LogP) is 2.15. The van der Waals surface area contributed by atoms with Crippen LogP contribution in [0.25, 0.3) is 0 Å². The fraction of sp³-hybridized carbons (Fsp3) is 0.500. The van der Waals surface area contributed by atoms with Gasteiger partial charge in [0.15, 0.2) is 5.15 Å². The average Bonchev–Trinajstić information content (AvgIpc) is 2.43. The van der Waals surface area contributed by atoms with Crippen molar-refractivity contribution in [1.29, 1.82) is 0 Å². The lowest BCUT2D eigenvalue weighted by molar-refractivity contribution is -0.141. The van der Waals surface area contributed by atoms with E-state index in [1.165, 1.54) is 4.57 Å². The highest BCUT2D eigenvalue weighted by atomic mass is 35.5. The minimum Gasteiger partial charge on any atom is -0.480 e. The van der Waals surface area contributed by atoms with Gasteiger partial charge in [-0.2, -0.15) is 0 Å². The minimum absolute atomic E-state index is 0.164. The molecule has 0 saturated heterocycles. The van der Waals surface area contributed by atoms with E-state index in [2.05, 4.69) is 4.98 Å². The number of carbonyl (C=O) groups is 1. The van der Waals surface area contributed by atoms with Crippen molar-refractivity contribution in [3.05, 3.63) is 16.1 Å². The quantitative estimate of drug-likeness (QED) is 0.811. The molecule has 2 heterocycles. The monoisotopic (exact) mass is 234 g/mol. The summed E-state index contributed by atoms with van der Waals surface area (Å²) in [5.41, 5.74) is 0.732. The summed E-state index contributed by atoms with van der Waals surface area (Å²) in [5, 5.41) is 9.45. The summed E-state index contributed by atoms with van der Waals surface area (Å²) in [6.07, 6.45) is 2.12. The molecule has 1 aliphatic rings. The smallest absolute Gasteiger partial charge is 0.326 e. The van der Waals surface area contributed by atoms with Crippen LogP contribution in [0.4, 0.5) is 0 Å². The zero-order valence-electron chi connectivity index (χ0n) is 7.20. The second-order valence-corrected chi connectivity index (χ2v) is 3.93. The van der Waals surface area contributed by atoms with E-state index >= 15 is 0 Å². The minimum atomic E-state index is -0.887. The van der Waals surface area contributed by atoms with Crippen LogP contribution >= 0.6 is 23.2 Å². The van der Waals surface area contributed by atoms with E-state index in [4.69, 9.17) is 28.3 Å². The van der Waals surface area contributed by atoms with E-state index < -0.39 is 12.0 Å². The van der Waals surface area contributed by atoms with Gasteiger partial charge in [0, 0.05) is 0 Å². The van der Waals surface area contributed by atoms with E-state index in [9.17, 15) is 4.79 Å². The van der Waals surface area contributed by atoms with E-state index in [0.29, 0.717) is 11.6 Å². The standard InChI is InChI=1S/C8H8Cl2N2O2/c9-6-4-2-1-3-5(7(13)14)12(4)8(10)11-6/h5H,1-3H2,(H,13,14). The lowest BCUT2D eigenvalue weighted by Gasteiger charge is -2.22. The number of hydrogen-bond acceptors (Lipinski definition) is 2. The number of rotatable bonds is 1. The molecule has 4 nitrogen and oxygen atoms in total. The number of nitrogens with zero attached hydrogens (tertiary/aromatic N) is 2. The number of carboxylic acids is 1. The second-order valence-electron chi connectivity index (χ2n) is 3.23. The molecule has 2 rings (SSSR count). The summed E-state index contributed by atoms with van der Waals surface area (Å²) >= 11 is 11.6. The Hall–Kier alpha value is -0.740. The Morgan fingerprint density at radius 2 is 2.29 bits per heavy atom. The zero-order chi connectivity index (χ0) is 10.3. The van der Waals surface area contributed by atoms with Crippen LogP contribution in [0.15, 0.2) is 0 Å². The maximum atomic E-state index is 10.9. The average molecular weight is 235 g/mol. The highest BCUT2D eigenvalue weighted by Crippen LogP contribution is 2.33. The molecule has 0 fully saturated rings. The van der Waals surface area contributed by atoms with Crippen molar-refractivity contribution in [3.63, 3.8) is 0 Å². The summed E-state index contributed by atoms with van der Waals surface area (Å²) in [6.45, 7) is 0. The topological polar surface area (TPSA) is 55.1 Å². The lowest BCUT2D eigenvalue weighted by atomic mass is 10.0. The van der Waals surface area contributed by atoms with Crippen molar-refractivity contribution in [1.82, 2.24) is 9.55 Å². The van der Waals surface area contributed by atoms with Crippen LogP contribution in [-0.2, 0) is 11.2 Å². The van der Waals surface area contributed by atoms with Crippen molar-refractivity contribution in [2.24, 2.45) is 0 Å². The molecule has 0 amide bonds. The van der Waals surface area contributed by atoms with Crippen LogP contribution in [-0.4, -0.2) is 20.6 Å². The molecular formula is C8H8Cl2N2O2. The van der Waals surface area contributed by atoms with Crippen molar-refractivity contribution < 1.29 is 9.90 Å². The van der Waals surface area contributed by atoms with Crippen LogP contribution in [0, 0.1) is 0 Å². The van der Waals surface area contributed by atoms with Gasteiger partial charge in [0.1, 0.15) is 6.04 Å². The molecule has 6 heteroatoms.